The summed E-state index contributed by atoms with van der Waals surface area (Å²) in [5, 5.41) is 0. The minimum absolute atomic E-state index is 0.0136. The van der Waals surface area contributed by atoms with Crippen LogP contribution >= 0.6 is 0 Å². The number of hydrogen-bond donors (Lipinski definition) is 0. The Morgan fingerprint density at radius 2 is 2.00 bits per heavy atom. The van der Waals surface area contributed by atoms with Crippen LogP contribution in [0, 0.1) is 0 Å². The van der Waals surface area contributed by atoms with Crippen molar-refractivity contribution in [2.24, 2.45) is 0 Å². The first kappa shape index (κ1) is 14.7. The number of carbonyl (C=O) groups excluding carboxylic acids is 1. The molecule has 110 valence electrons. The fraction of sp³-hybridized carbons (Fsp3) is 0.643. The van der Waals surface area contributed by atoms with Gasteiger partial charge in [0, 0.05) is 37.9 Å². The maximum atomic E-state index is 12.3. The van der Waals surface area contributed by atoms with Crippen LogP contribution in [0.4, 0.5) is 5.95 Å². The number of anilines is 1. The van der Waals surface area contributed by atoms with Gasteiger partial charge in [-0.25, -0.2) is 9.97 Å². The Morgan fingerprint density at radius 3 is 2.60 bits per heavy atom. The summed E-state index contributed by atoms with van der Waals surface area (Å²) in [7, 11) is 6.01. The molecule has 1 aromatic rings. The minimum atomic E-state index is 0.0136. The molecule has 0 bridgehead atoms. The Hall–Kier alpha value is -1.69. The first-order chi connectivity index (χ1) is 9.40. The smallest absolute Gasteiger partial charge is 0.273 e. The van der Waals surface area contributed by atoms with E-state index in [0.29, 0.717) is 18.2 Å². The summed E-state index contributed by atoms with van der Waals surface area (Å²) >= 11 is 0. The van der Waals surface area contributed by atoms with Crippen LogP contribution in [0.5, 0.6) is 0 Å². The van der Waals surface area contributed by atoms with Gasteiger partial charge in [0.2, 0.25) is 5.95 Å². The normalized spacial score (nSPS) is 14.3. The molecular weight excluding hydrogens is 254 g/mol. The summed E-state index contributed by atoms with van der Waals surface area (Å²) in [5.74, 6) is 0.629. The molecule has 0 fully saturated rings. The van der Waals surface area contributed by atoms with Gasteiger partial charge in [0.25, 0.3) is 5.91 Å². The zero-order valence-electron chi connectivity index (χ0n) is 12.9. The highest BCUT2D eigenvalue weighted by Crippen LogP contribution is 2.23. The summed E-state index contributed by atoms with van der Waals surface area (Å²) in [4.78, 5) is 27.0. The molecule has 0 aromatic carbocycles. The SMILES string of the molecule is CC(C)N1Cc2cnc(N(C)CCN(C)C)nc2C1=O. The summed E-state index contributed by atoms with van der Waals surface area (Å²) in [6, 6.07) is 0.187. The number of aromatic nitrogens is 2. The number of rotatable bonds is 5. The first-order valence-electron chi connectivity index (χ1n) is 6.93. The average molecular weight is 277 g/mol. The van der Waals surface area contributed by atoms with Crippen LogP contribution in [-0.2, 0) is 6.54 Å². The minimum Gasteiger partial charge on any atom is -0.343 e. The van der Waals surface area contributed by atoms with Crippen molar-refractivity contribution >= 4 is 11.9 Å². The van der Waals surface area contributed by atoms with Crippen LogP contribution < -0.4 is 4.90 Å². The standard InChI is InChI=1S/C14H23N5O/c1-10(2)19-9-11-8-15-14(16-12(11)13(19)20)18(5)7-6-17(3)4/h8,10H,6-7,9H2,1-5H3. The molecule has 0 unspecified atom stereocenters. The molecule has 1 amide bonds. The van der Waals surface area contributed by atoms with Crippen molar-refractivity contribution in [1.29, 1.82) is 0 Å². The molecule has 0 saturated heterocycles. The van der Waals surface area contributed by atoms with Crippen LogP contribution in [0.25, 0.3) is 0 Å². The molecule has 1 aromatic heterocycles. The Morgan fingerprint density at radius 1 is 1.30 bits per heavy atom. The highest BCUT2D eigenvalue weighted by molar-refractivity contribution is 5.96. The van der Waals surface area contributed by atoms with Gasteiger partial charge in [-0.15, -0.1) is 0 Å². The largest absolute Gasteiger partial charge is 0.343 e. The molecule has 2 heterocycles. The van der Waals surface area contributed by atoms with Crippen molar-refractivity contribution in [3.8, 4) is 0 Å². The number of amides is 1. The number of hydrogen-bond acceptors (Lipinski definition) is 5. The molecule has 6 nitrogen and oxygen atoms in total. The molecule has 0 radical (unpaired) electrons. The zero-order chi connectivity index (χ0) is 14.9. The third kappa shape index (κ3) is 2.90. The molecule has 6 heteroatoms. The third-order valence-electron chi connectivity index (χ3n) is 3.50. The monoisotopic (exact) mass is 277 g/mol. The van der Waals surface area contributed by atoms with Gasteiger partial charge in [0.1, 0.15) is 5.69 Å². The van der Waals surface area contributed by atoms with Gasteiger partial charge < -0.3 is 14.7 Å². The number of nitrogens with zero attached hydrogens (tertiary/aromatic N) is 5. The lowest BCUT2D eigenvalue weighted by Crippen LogP contribution is -2.31. The third-order valence-corrected chi connectivity index (χ3v) is 3.50. The fourth-order valence-corrected chi connectivity index (χ4v) is 2.14. The van der Waals surface area contributed by atoms with E-state index in [1.54, 1.807) is 6.20 Å². The first-order valence-corrected chi connectivity index (χ1v) is 6.93. The van der Waals surface area contributed by atoms with Gasteiger partial charge in [-0.3, -0.25) is 4.79 Å². The molecule has 0 saturated carbocycles. The van der Waals surface area contributed by atoms with Crippen LogP contribution in [-0.4, -0.2) is 65.9 Å². The molecule has 0 N–H and O–H groups in total. The summed E-state index contributed by atoms with van der Waals surface area (Å²) < 4.78 is 0. The van der Waals surface area contributed by atoms with E-state index in [-0.39, 0.29) is 11.9 Å². The average Bonchev–Trinajstić information content (AvgIpc) is 2.73. The molecule has 0 aliphatic carbocycles. The van der Waals surface area contributed by atoms with Gasteiger partial charge in [0.05, 0.1) is 6.54 Å². The Kier molecular flexibility index (Phi) is 4.23. The van der Waals surface area contributed by atoms with E-state index in [2.05, 4.69) is 14.9 Å². The van der Waals surface area contributed by atoms with Gasteiger partial charge in [-0.2, -0.15) is 0 Å². The number of carbonyl (C=O) groups is 1. The molecular formula is C14H23N5O. The van der Waals surface area contributed by atoms with E-state index in [1.165, 1.54) is 0 Å². The molecule has 1 aliphatic rings. The topological polar surface area (TPSA) is 52.6 Å². The van der Waals surface area contributed by atoms with Crippen LogP contribution in [0.15, 0.2) is 6.20 Å². The highest BCUT2D eigenvalue weighted by atomic mass is 16.2. The quantitative estimate of drug-likeness (QED) is 0.798. The highest BCUT2D eigenvalue weighted by Gasteiger charge is 2.31. The van der Waals surface area contributed by atoms with Crippen molar-refractivity contribution in [1.82, 2.24) is 19.8 Å². The lowest BCUT2D eigenvalue weighted by molar-refractivity contribution is 0.0726. The fourth-order valence-electron chi connectivity index (χ4n) is 2.14. The second kappa shape index (κ2) is 5.75. The predicted molar refractivity (Wildman–Crippen MR) is 78.9 cm³/mol. The van der Waals surface area contributed by atoms with E-state index in [1.807, 2.05) is 44.8 Å². The van der Waals surface area contributed by atoms with Gasteiger partial charge >= 0.3 is 0 Å². The number of fused-ring (bicyclic) bond motifs is 1. The zero-order valence-corrected chi connectivity index (χ0v) is 12.9. The molecule has 20 heavy (non-hydrogen) atoms. The van der Waals surface area contributed by atoms with Crippen LogP contribution in [0.2, 0.25) is 0 Å². The van der Waals surface area contributed by atoms with Crippen molar-refractivity contribution in [3.05, 3.63) is 17.5 Å². The number of likely N-dealkylation sites (N-methyl/N-ethyl adjacent to an activating group) is 2. The van der Waals surface area contributed by atoms with E-state index >= 15 is 0 Å². The van der Waals surface area contributed by atoms with E-state index in [9.17, 15) is 4.79 Å². The Labute approximate surface area is 120 Å². The molecule has 0 spiro atoms. The Balaban J connectivity index is 2.16. The van der Waals surface area contributed by atoms with Crippen molar-refractivity contribution in [2.75, 3.05) is 39.1 Å². The lowest BCUT2D eigenvalue weighted by atomic mass is 10.3. The van der Waals surface area contributed by atoms with E-state index < -0.39 is 0 Å². The predicted octanol–water partition coefficient (Wildman–Crippen LogP) is 0.839. The van der Waals surface area contributed by atoms with Crippen LogP contribution in [0.3, 0.4) is 0 Å². The van der Waals surface area contributed by atoms with E-state index in [0.717, 1.165) is 18.7 Å². The maximum absolute atomic E-state index is 12.3. The van der Waals surface area contributed by atoms with Crippen molar-refractivity contribution in [2.45, 2.75) is 26.4 Å². The molecule has 1 aliphatic heterocycles. The molecule has 0 atom stereocenters. The van der Waals surface area contributed by atoms with Crippen molar-refractivity contribution < 1.29 is 4.79 Å². The molecule has 2 rings (SSSR count). The van der Waals surface area contributed by atoms with Gasteiger partial charge in [-0.1, -0.05) is 0 Å². The van der Waals surface area contributed by atoms with Gasteiger partial charge in [-0.05, 0) is 27.9 Å². The second-order valence-electron chi connectivity index (χ2n) is 5.80. The van der Waals surface area contributed by atoms with Crippen LogP contribution in [0.1, 0.15) is 29.9 Å². The summed E-state index contributed by atoms with van der Waals surface area (Å²) in [6.45, 7) is 6.40. The van der Waals surface area contributed by atoms with Crippen molar-refractivity contribution in [3.63, 3.8) is 0 Å². The second-order valence-corrected chi connectivity index (χ2v) is 5.80. The lowest BCUT2D eigenvalue weighted by Gasteiger charge is -2.20. The summed E-state index contributed by atoms with van der Waals surface area (Å²) in [5.41, 5.74) is 1.48. The van der Waals surface area contributed by atoms with Gasteiger partial charge in [0.15, 0.2) is 0 Å². The Bertz CT molecular complexity index is 500. The van der Waals surface area contributed by atoms with E-state index in [4.69, 9.17) is 0 Å². The maximum Gasteiger partial charge on any atom is 0.273 e. The summed E-state index contributed by atoms with van der Waals surface area (Å²) in [6.07, 6.45) is 1.78.